The van der Waals surface area contributed by atoms with Crippen molar-refractivity contribution in [3.8, 4) is 0 Å². The van der Waals surface area contributed by atoms with Crippen molar-refractivity contribution >= 4 is 23.3 Å². The number of hydroxylamine groups is 2. The first kappa shape index (κ1) is 26.9. The molecule has 8 rings (SSSR count). The molecule has 41 heavy (non-hydrogen) atoms. The maximum atomic E-state index is 14.5. The monoisotopic (exact) mass is 556 g/mol. The van der Waals surface area contributed by atoms with Gasteiger partial charge in [0.2, 0.25) is 0 Å². The molecule has 2 aliphatic heterocycles. The molecule has 2 aromatic rings. The normalized spacial score (nSPS) is 33.0. The summed E-state index contributed by atoms with van der Waals surface area (Å²) in [5, 5.41) is 20.7. The van der Waals surface area contributed by atoms with Gasteiger partial charge in [0.25, 0.3) is 5.91 Å². The molecule has 218 valence electrons. The highest BCUT2D eigenvalue weighted by molar-refractivity contribution is 6.01. The first-order valence-electron chi connectivity index (χ1n) is 15.7. The Kier molecular flexibility index (Phi) is 7.25. The number of hydrogen-bond donors (Lipinski definition) is 2. The third-order valence-electron chi connectivity index (χ3n) is 10.5. The van der Waals surface area contributed by atoms with Gasteiger partial charge in [-0.15, -0.1) is 0 Å². The van der Waals surface area contributed by atoms with E-state index in [0.717, 1.165) is 73.0 Å². The summed E-state index contributed by atoms with van der Waals surface area (Å²) in [4.78, 5) is 31.9. The smallest absolute Gasteiger partial charge is 0.320 e. The molecule has 2 atom stereocenters. The molecule has 8 nitrogen and oxygen atoms in total. The van der Waals surface area contributed by atoms with E-state index in [-0.39, 0.29) is 11.3 Å². The predicted octanol–water partition coefficient (Wildman–Crippen LogP) is 5.72. The number of carbonyl (C=O) groups excluding carboxylic acids is 2. The molecule has 2 unspecified atom stereocenters. The molecule has 3 amide bonds. The maximum absolute atomic E-state index is 14.5. The quantitative estimate of drug-likeness (QED) is 0.455. The Morgan fingerprint density at radius 1 is 0.902 bits per heavy atom. The second-order valence-corrected chi connectivity index (χ2v) is 13.5. The lowest BCUT2D eigenvalue weighted by molar-refractivity contribution is -0.125. The number of fused-ring (bicyclic) bond motifs is 1. The lowest BCUT2D eigenvalue weighted by Crippen LogP contribution is -2.59. The molecule has 2 heterocycles. The van der Waals surface area contributed by atoms with Crippen molar-refractivity contribution in [1.29, 1.82) is 0 Å². The summed E-state index contributed by atoms with van der Waals surface area (Å²) in [5.74, 6) is 1.95. The molecule has 8 heteroatoms. The molecule has 4 saturated carbocycles. The van der Waals surface area contributed by atoms with E-state index >= 15 is 0 Å². The Morgan fingerprint density at radius 2 is 1.54 bits per heavy atom. The van der Waals surface area contributed by atoms with Crippen LogP contribution >= 0.6 is 0 Å². The fourth-order valence-corrected chi connectivity index (χ4v) is 9.22. The Morgan fingerprint density at radius 3 is 2.22 bits per heavy atom. The third kappa shape index (κ3) is 5.38. The van der Waals surface area contributed by atoms with E-state index in [2.05, 4.69) is 15.5 Å². The molecule has 1 saturated heterocycles. The van der Waals surface area contributed by atoms with Gasteiger partial charge < -0.3 is 30.7 Å². The van der Waals surface area contributed by atoms with E-state index in [9.17, 15) is 14.8 Å². The fraction of sp³-hybridized carbons (Fsp3) is 0.576. The van der Waals surface area contributed by atoms with Crippen molar-refractivity contribution in [3.63, 3.8) is 0 Å². The number of urea groups is 1. The summed E-state index contributed by atoms with van der Waals surface area (Å²) in [6.07, 6.45) is 9.17. The summed E-state index contributed by atoms with van der Waals surface area (Å²) in [5.41, 5.74) is 2.45. The van der Waals surface area contributed by atoms with Gasteiger partial charge in [-0.3, -0.25) is 4.79 Å². The maximum Gasteiger partial charge on any atom is 0.320 e. The van der Waals surface area contributed by atoms with E-state index in [4.69, 9.17) is 0 Å². The minimum absolute atomic E-state index is 0.0947. The van der Waals surface area contributed by atoms with Crippen molar-refractivity contribution < 1.29 is 9.59 Å². The summed E-state index contributed by atoms with van der Waals surface area (Å²) in [6.45, 7) is 3.51. The highest BCUT2D eigenvalue weighted by Gasteiger charge is 2.52. The lowest BCUT2D eigenvalue weighted by Gasteiger charge is -2.58. The van der Waals surface area contributed by atoms with Crippen LogP contribution in [0, 0.1) is 28.4 Å². The van der Waals surface area contributed by atoms with Crippen LogP contribution in [0.4, 0.5) is 16.2 Å². The second-order valence-electron chi connectivity index (χ2n) is 13.5. The van der Waals surface area contributed by atoms with Crippen molar-refractivity contribution in [2.24, 2.45) is 23.2 Å². The van der Waals surface area contributed by atoms with Gasteiger partial charge in [0, 0.05) is 24.0 Å². The molecule has 2 N–H and O–H groups in total. The van der Waals surface area contributed by atoms with E-state index in [0.29, 0.717) is 18.7 Å². The molecule has 4 aliphatic carbocycles. The molecule has 2 aromatic carbocycles. The number of anilines is 2. The molecular weight excluding hydrogens is 514 g/mol. The molecule has 0 aromatic heterocycles. The van der Waals surface area contributed by atoms with E-state index in [1.165, 1.54) is 32.1 Å². The fourth-order valence-electron chi connectivity index (χ4n) is 9.22. The molecular formula is C33H42N5O3-. The van der Waals surface area contributed by atoms with Gasteiger partial charge in [-0.25, -0.2) is 4.79 Å². The topological polar surface area (TPSA) is 91.0 Å². The lowest BCUT2D eigenvalue weighted by atomic mass is 9.49. The van der Waals surface area contributed by atoms with Crippen LogP contribution in [-0.2, 0) is 4.79 Å². The number of nitrogens with one attached hydrogen (secondary N) is 2. The summed E-state index contributed by atoms with van der Waals surface area (Å²) in [6, 6.07) is 16.0. The number of carbonyl (C=O) groups is 2. The zero-order valence-corrected chi connectivity index (χ0v) is 23.8. The number of nitrogens with zero attached hydrogens (tertiary/aromatic N) is 3. The summed E-state index contributed by atoms with van der Waals surface area (Å²) in [7, 11) is 0. The average molecular weight is 557 g/mol. The average Bonchev–Trinajstić information content (AvgIpc) is 3.46. The Hall–Kier alpha value is -2.94. The van der Waals surface area contributed by atoms with E-state index < -0.39 is 18.2 Å². The molecule has 6 aliphatic rings. The number of amides is 3. The van der Waals surface area contributed by atoms with Crippen molar-refractivity contribution in [2.75, 3.05) is 36.4 Å². The zero-order chi connectivity index (χ0) is 28.0. The van der Waals surface area contributed by atoms with Crippen molar-refractivity contribution in [3.05, 3.63) is 65.4 Å². The highest BCUT2D eigenvalue weighted by atomic mass is 16.5. The van der Waals surface area contributed by atoms with Gasteiger partial charge in [0.15, 0.2) is 6.17 Å². The predicted molar refractivity (Wildman–Crippen MR) is 160 cm³/mol. The largest absolute Gasteiger partial charge is 0.783 e. The van der Waals surface area contributed by atoms with Gasteiger partial charge in [-0.2, -0.15) is 0 Å². The van der Waals surface area contributed by atoms with Gasteiger partial charge in [-0.05, 0) is 124 Å². The first-order chi connectivity index (χ1) is 20.0. The Balaban J connectivity index is 1.21. The van der Waals surface area contributed by atoms with E-state index in [1.54, 1.807) is 12.1 Å². The van der Waals surface area contributed by atoms with Gasteiger partial charge in [-0.1, -0.05) is 36.4 Å². The zero-order valence-electron chi connectivity index (χ0n) is 23.8. The SMILES string of the molecule is O=C(Nc1ccccc1)NC1C(=O)N(CC23CC4CC(CC(C4)C2)C3)c2ccccc2C(CCN2CCCC2)N1[O-]. The standard InChI is InChI=1S/C33H42N5O3/c39-31-30(35-32(40)34-26-8-2-1-3-9-26)38(41)29(12-15-36-13-6-7-14-36)27-10-4-5-11-28(27)37(31)22-33-19-23-16-24(20-33)18-25(17-23)21-33/h1-5,8-11,23-25,29-30H,6-7,12-22H2,(H2,34,35,40)/q-1. The van der Waals surface area contributed by atoms with Gasteiger partial charge in [0.1, 0.15) is 0 Å². The van der Waals surface area contributed by atoms with Crippen molar-refractivity contribution in [2.45, 2.75) is 70.0 Å². The second kappa shape index (κ2) is 11.0. The van der Waals surface area contributed by atoms with Crippen LogP contribution in [0.1, 0.15) is 69.4 Å². The summed E-state index contributed by atoms with van der Waals surface area (Å²) < 4.78 is 0. The first-order valence-corrected chi connectivity index (χ1v) is 15.7. The number of rotatable bonds is 7. The van der Waals surface area contributed by atoms with Gasteiger partial charge in [0.05, 0.1) is 0 Å². The van der Waals surface area contributed by atoms with Crippen LogP contribution in [0.2, 0.25) is 0 Å². The molecule has 0 radical (unpaired) electrons. The Labute approximate surface area is 243 Å². The van der Waals surface area contributed by atoms with Gasteiger partial charge >= 0.3 is 6.03 Å². The third-order valence-corrected chi connectivity index (χ3v) is 10.5. The van der Waals surface area contributed by atoms with Crippen LogP contribution < -0.4 is 15.5 Å². The van der Waals surface area contributed by atoms with Crippen LogP contribution in [-0.4, -0.2) is 54.2 Å². The molecule has 0 spiro atoms. The van der Waals surface area contributed by atoms with E-state index in [1.807, 2.05) is 47.4 Å². The van der Waals surface area contributed by atoms with Crippen molar-refractivity contribution in [1.82, 2.24) is 15.3 Å². The number of para-hydroxylation sites is 2. The minimum atomic E-state index is -1.30. The Bertz CT molecular complexity index is 1230. The molecule has 4 bridgehead atoms. The molecule has 5 fully saturated rings. The number of hydrogen-bond acceptors (Lipinski definition) is 5. The van der Waals surface area contributed by atoms with Crippen LogP contribution in [0.5, 0.6) is 0 Å². The van der Waals surface area contributed by atoms with Crippen LogP contribution in [0.25, 0.3) is 0 Å². The summed E-state index contributed by atoms with van der Waals surface area (Å²) >= 11 is 0. The van der Waals surface area contributed by atoms with Crippen LogP contribution in [0.15, 0.2) is 54.6 Å². The number of benzene rings is 2. The van der Waals surface area contributed by atoms with Crippen LogP contribution in [0.3, 0.4) is 0 Å². The minimum Gasteiger partial charge on any atom is -0.783 e. The highest BCUT2D eigenvalue weighted by Crippen LogP contribution is 2.60. The number of likely N-dealkylation sites (tertiary alicyclic amines) is 1.